The lowest BCUT2D eigenvalue weighted by atomic mass is 10.1. The number of rotatable bonds is 5. The average molecular weight is 318 g/mol. The van der Waals surface area contributed by atoms with Crippen molar-refractivity contribution < 1.29 is 22.3 Å². The molecule has 0 amide bonds. The van der Waals surface area contributed by atoms with Gasteiger partial charge in [-0.1, -0.05) is 13.8 Å². The van der Waals surface area contributed by atoms with E-state index in [9.17, 15) is 17.6 Å². The number of carbonyl (C=O) groups excluding carboxylic acids is 1. The number of ether oxygens (including phenoxy) is 1. The van der Waals surface area contributed by atoms with E-state index in [4.69, 9.17) is 5.73 Å². The highest BCUT2D eigenvalue weighted by molar-refractivity contribution is 7.89. The molecule has 1 unspecified atom stereocenters. The van der Waals surface area contributed by atoms with Crippen molar-refractivity contribution in [3.05, 3.63) is 23.5 Å². The maximum Gasteiger partial charge on any atom is 0.324 e. The van der Waals surface area contributed by atoms with Gasteiger partial charge in [-0.05, 0) is 30.5 Å². The Morgan fingerprint density at radius 2 is 1.95 bits per heavy atom. The van der Waals surface area contributed by atoms with Crippen LogP contribution in [0.15, 0.2) is 17.0 Å². The first-order valence-corrected chi connectivity index (χ1v) is 7.74. The summed E-state index contributed by atoms with van der Waals surface area (Å²) in [6, 6.07) is 1.23. The van der Waals surface area contributed by atoms with Crippen LogP contribution in [0.1, 0.15) is 19.4 Å². The molecule has 0 fully saturated rings. The van der Waals surface area contributed by atoms with Gasteiger partial charge in [0.25, 0.3) is 0 Å². The van der Waals surface area contributed by atoms with Gasteiger partial charge in [0.05, 0.1) is 7.11 Å². The monoisotopic (exact) mass is 318 g/mol. The molecule has 1 aromatic carbocycles. The quantitative estimate of drug-likeness (QED) is 0.628. The SMILES string of the molecule is COC(=O)C(NS(=O)(=O)c1cc(N)cc(C)c1F)C(C)C. The predicted octanol–water partition coefficient (Wildman–Crippen LogP) is 1.19. The van der Waals surface area contributed by atoms with Crippen LogP contribution in [0, 0.1) is 18.7 Å². The van der Waals surface area contributed by atoms with Crippen LogP contribution in [-0.4, -0.2) is 27.5 Å². The largest absolute Gasteiger partial charge is 0.468 e. The predicted molar refractivity (Wildman–Crippen MR) is 76.5 cm³/mol. The standard InChI is InChI=1S/C13H19FN2O4S/c1-7(2)12(13(17)20-4)16-21(18,19)10-6-9(15)5-8(3)11(10)14/h5-7,12,16H,15H2,1-4H3. The first kappa shape index (κ1) is 17.4. The second-order valence-electron chi connectivity index (χ2n) is 5.02. The Hall–Kier alpha value is -1.67. The molecule has 0 aromatic heterocycles. The van der Waals surface area contributed by atoms with Crippen molar-refractivity contribution in [2.45, 2.75) is 31.7 Å². The van der Waals surface area contributed by atoms with Crippen molar-refractivity contribution in [1.29, 1.82) is 0 Å². The number of hydrogen-bond donors (Lipinski definition) is 2. The molecule has 0 saturated carbocycles. The lowest BCUT2D eigenvalue weighted by molar-refractivity contribution is -0.143. The molecule has 1 rings (SSSR count). The number of anilines is 1. The summed E-state index contributed by atoms with van der Waals surface area (Å²) in [7, 11) is -3.09. The zero-order chi connectivity index (χ0) is 16.4. The van der Waals surface area contributed by atoms with Crippen molar-refractivity contribution in [3.63, 3.8) is 0 Å². The van der Waals surface area contributed by atoms with Crippen LogP contribution >= 0.6 is 0 Å². The number of aryl methyl sites for hydroxylation is 1. The maximum absolute atomic E-state index is 14.0. The van der Waals surface area contributed by atoms with Gasteiger partial charge in [-0.2, -0.15) is 4.72 Å². The molecule has 0 bridgehead atoms. The molecule has 21 heavy (non-hydrogen) atoms. The fourth-order valence-corrected chi connectivity index (χ4v) is 3.29. The lowest BCUT2D eigenvalue weighted by Crippen LogP contribution is -2.45. The minimum Gasteiger partial charge on any atom is -0.468 e. The molecule has 0 aliphatic carbocycles. The highest BCUT2D eigenvalue weighted by atomic mass is 32.2. The molecule has 0 aliphatic heterocycles. The summed E-state index contributed by atoms with van der Waals surface area (Å²) in [6.45, 7) is 4.70. The summed E-state index contributed by atoms with van der Waals surface area (Å²) in [6.07, 6.45) is 0. The van der Waals surface area contributed by atoms with E-state index >= 15 is 0 Å². The molecule has 0 heterocycles. The first-order valence-electron chi connectivity index (χ1n) is 6.26. The number of benzene rings is 1. The highest BCUT2D eigenvalue weighted by Gasteiger charge is 2.31. The zero-order valence-corrected chi connectivity index (χ0v) is 13.1. The molecule has 3 N–H and O–H groups in total. The number of methoxy groups -OCH3 is 1. The number of esters is 1. The van der Waals surface area contributed by atoms with Crippen LogP contribution in [0.4, 0.5) is 10.1 Å². The van der Waals surface area contributed by atoms with Crippen molar-refractivity contribution >= 4 is 21.7 Å². The summed E-state index contributed by atoms with van der Waals surface area (Å²) in [5.74, 6) is -2.00. The van der Waals surface area contributed by atoms with Gasteiger partial charge in [-0.25, -0.2) is 12.8 Å². The normalized spacial score (nSPS) is 13.2. The molecule has 0 spiro atoms. The van der Waals surface area contributed by atoms with E-state index in [0.717, 1.165) is 13.2 Å². The van der Waals surface area contributed by atoms with E-state index in [1.165, 1.54) is 13.0 Å². The minimum atomic E-state index is -4.24. The Bertz CT molecular complexity index is 644. The summed E-state index contributed by atoms with van der Waals surface area (Å²) in [5, 5.41) is 0. The first-order chi connectivity index (χ1) is 9.60. The van der Waals surface area contributed by atoms with Crippen LogP contribution in [0.2, 0.25) is 0 Å². The second-order valence-corrected chi connectivity index (χ2v) is 6.70. The van der Waals surface area contributed by atoms with Crippen LogP contribution in [-0.2, 0) is 19.6 Å². The van der Waals surface area contributed by atoms with Crippen LogP contribution < -0.4 is 10.5 Å². The molecule has 0 aliphatic rings. The molecule has 0 saturated heterocycles. The summed E-state index contributed by atoms with van der Waals surface area (Å²) in [4.78, 5) is 11.0. The van der Waals surface area contributed by atoms with E-state index < -0.39 is 32.7 Å². The van der Waals surface area contributed by atoms with Gasteiger partial charge in [0.2, 0.25) is 10.0 Å². The highest BCUT2D eigenvalue weighted by Crippen LogP contribution is 2.22. The van der Waals surface area contributed by atoms with Crippen molar-refractivity contribution in [2.24, 2.45) is 5.92 Å². The van der Waals surface area contributed by atoms with Crippen LogP contribution in [0.25, 0.3) is 0 Å². The molecular formula is C13H19FN2O4S. The maximum atomic E-state index is 14.0. The third kappa shape index (κ3) is 3.92. The fraction of sp³-hybridized carbons (Fsp3) is 0.462. The number of sulfonamides is 1. The fourth-order valence-electron chi connectivity index (χ4n) is 1.77. The number of nitrogens with two attached hydrogens (primary N) is 1. The van der Waals surface area contributed by atoms with Crippen molar-refractivity contribution in [1.82, 2.24) is 4.72 Å². The van der Waals surface area contributed by atoms with Gasteiger partial charge >= 0.3 is 5.97 Å². The van der Waals surface area contributed by atoms with Gasteiger partial charge in [0, 0.05) is 5.69 Å². The Kier molecular flexibility index (Phi) is 5.30. The zero-order valence-electron chi connectivity index (χ0n) is 12.3. The molecular weight excluding hydrogens is 299 g/mol. The Morgan fingerprint density at radius 1 is 1.38 bits per heavy atom. The van der Waals surface area contributed by atoms with Gasteiger partial charge in [0.15, 0.2) is 0 Å². The Labute approximate surface area is 123 Å². The molecule has 8 heteroatoms. The van der Waals surface area contributed by atoms with Crippen LogP contribution in [0.5, 0.6) is 0 Å². The van der Waals surface area contributed by atoms with E-state index in [-0.39, 0.29) is 17.2 Å². The van der Waals surface area contributed by atoms with Gasteiger partial charge in [-0.15, -0.1) is 0 Å². The molecule has 1 aromatic rings. The molecule has 0 radical (unpaired) electrons. The molecule has 6 nitrogen and oxygen atoms in total. The summed E-state index contributed by atoms with van der Waals surface area (Å²) >= 11 is 0. The smallest absolute Gasteiger partial charge is 0.324 e. The van der Waals surface area contributed by atoms with E-state index in [2.05, 4.69) is 9.46 Å². The Morgan fingerprint density at radius 3 is 2.43 bits per heavy atom. The van der Waals surface area contributed by atoms with E-state index in [1.807, 2.05) is 0 Å². The average Bonchev–Trinajstić information content (AvgIpc) is 2.38. The van der Waals surface area contributed by atoms with Crippen LogP contribution in [0.3, 0.4) is 0 Å². The van der Waals surface area contributed by atoms with Gasteiger partial charge in [-0.3, -0.25) is 4.79 Å². The third-order valence-electron chi connectivity index (χ3n) is 2.94. The van der Waals surface area contributed by atoms with E-state index in [0.29, 0.717) is 0 Å². The number of hydrogen-bond acceptors (Lipinski definition) is 5. The van der Waals surface area contributed by atoms with Crippen molar-refractivity contribution in [3.8, 4) is 0 Å². The summed E-state index contributed by atoms with van der Waals surface area (Å²) < 4.78 is 45.3. The molecule has 1 atom stereocenters. The minimum absolute atomic E-state index is 0.106. The molecule has 118 valence electrons. The lowest BCUT2D eigenvalue weighted by Gasteiger charge is -2.20. The van der Waals surface area contributed by atoms with Gasteiger partial charge < -0.3 is 10.5 Å². The second kappa shape index (κ2) is 6.40. The number of nitrogens with one attached hydrogen (secondary N) is 1. The number of nitrogen functional groups attached to an aromatic ring is 1. The topological polar surface area (TPSA) is 98.5 Å². The third-order valence-corrected chi connectivity index (χ3v) is 4.38. The Balaban J connectivity index is 3.26. The van der Waals surface area contributed by atoms with Crippen molar-refractivity contribution in [2.75, 3.05) is 12.8 Å². The number of carbonyl (C=O) groups is 1. The van der Waals surface area contributed by atoms with Gasteiger partial charge in [0.1, 0.15) is 16.8 Å². The van der Waals surface area contributed by atoms with E-state index in [1.54, 1.807) is 13.8 Å². The number of halogens is 1. The summed E-state index contributed by atoms with van der Waals surface area (Å²) in [5.41, 5.74) is 5.78.